The molecule has 6 heteroatoms. The minimum Gasteiger partial charge on any atom is -0.349 e. The number of hydrogen-bond acceptors (Lipinski definition) is 3. The number of halogens is 1. The Labute approximate surface area is 194 Å². The van der Waals surface area contributed by atoms with Crippen molar-refractivity contribution in [3.8, 4) is 0 Å². The van der Waals surface area contributed by atoms with Gasteiger partial charge in [-0.05, 0) is 75.1 Å². The molecule has 2 aromatic rings. The molecule has 3 atom stereocenters. The van der Waals surface area contributed by atoms with E-state index < -0.39 is 0 Å². The van der Waals surface area contributed by atoms with Crippen LogP contribution in [0.4, 0.5) is 0 Å². The summed E-state index contributed by atoms with van der Waals surface area (Å²) in [5.41, 5.74) is 3.06. The van der Waals surface area contributed by atoms with Crippen LogP contribution in [0.1, 0.15) is 76.5 Å². The van der Waals surface area contributed by atoms with E-state index in [-0.39, 0.29) is 17.7 Å². The van der Waals surface area contributed by atoms with E-state index in [1.165, 1.54) is 19.3 Å². The number of aryl methyl sites for hydroxylation is 1. The van der Waals surface area contributed by atoms with Gasteiger partial charge in [0.05, 0.1) is 21.8 Å². The molecular weight excluding hydrogens is 422 g/mol. The van der Waals surface area contributed by atoms with Crippen molar-refractivity contribution in [3.05, 3.63) is 63.9 Å². The van der Waals surface area contributed by atoms with Crippen LogP contribution in [0.2, 0.25) is 5.02 Å². The summed E-state index contributed by atoms with van der Waals surface area (Å²) in [4.78, 5) is 32.8. The number of carbonyl (C=O) groups is 2. The lowest BCUT2D eigenvalue weighted by Gasteiger charge is -2.33. The fourth-order valence-electron chi connectivity index (χ4n) is 5.91. The summed E-state index contributed by atoms with van der Waals surface area (Å²) in [7, 11) is 0. The predicted octanol–water partition coefficient (Wildman–Crippen LogP) is 4.98. The second kappa shape index (κ2) is 8.86. The maximum atomic E-state index is 13.2. The first kappa shape index (κ1) is 21.4. The first-order valence-electron chi connectivity index (χ1n) is 11.8. The van der Waals surface area contributed by atoms with Crippen molar-refractivity contribution >= 4 is 23.4 Å². The van der Waals surface area contributed by atoms with Crippen molar-refractivity contribution in [2.75, 3.05) is 13.1 Å². The second-order valence-electron chi connectivity index (χ2n) is 9.69. The fraction of sp³-hybridized carbons (Fsp3) is 0.500. The molecule has 0 radical (unpaired) electrons. The fourth-order valence-corrected chi connectivity index (χ4v) is 6.13. The zero-order valence-corrected chi connectivity index (χ0v) is 19.3. The number of hydrogen-bond donors (Lipinski definition) is 1. The van der Waals surface area contributed by atoms with E-state index in [1.54, 1.807) is 12.1 Å². The van der Waals surface area contributed by atoms with Crippen molar-refractivity contribution < 1.29 is 9.59 Å². The molecule has 1 saturated heterocycles. The van der Waals surface area contributed by atoms with Crippen LogP contribution >= 0.6 is 11.6 Å². The molecular formula is C26H30ClN3O2. The molecule has 5 rings (SSSR count). The third-order valence-electron chi connectivity index (χ3n) is 7.64. The molecule has 5 nitrogen and oxygen atoms in total. The maximum absolute atomic E-state index is 13.2. The van der Waals surface area contributed by atoms with Gasteiger partial charge in [-0.2, -0.15) is 0 Å². The van der Waals surface area contributed by atoms with Gasteiger partial charge >= 0.3 is 0 Å². The van der Waals surface area contributed by atoms with Gasteiger partial charge in [0.2, 0.25) is 0 Å². The van der Waals surface area contributed by atoms with Crippen LogP contribution in [-0.4, -0.2) is 40.8 Å². The Kier molecular flexibility index (Phi) is 5.93. The average Bonchev–Trinajstić information content (AvgIpc) is 3.42. The zero-order chi connectivity index (χ0) is 22.2. The molecule has 2 heterocycles. The van der Waals surface area contributed by atoms with Gasteiger partial charge in [0.1, 0.15) is 0 Å². The number of benzene rings is 1. The Morgan fingerprint density at radius 1 is 1.00 bits per heavy atom. The summed E-state index contributed by atoms with van der Waals surface area (Å²) in [6.07, 6.45) is 6.53. The first-order chi connectivity index (χ1) is 15.5. The Bertz CT molecular complexity index is 1030. The molecule has 1 N–H and O–H groups in total. The van der Waals surface area contributed by atoms with Crippen LogP contribution in [0.3, 0.4) is 0 Å². The quantitative estimate of drug-likeness (QED) is 0.712. The van der Waals surface area contributed by atoms with E-state index in [1.807, 2.05) is 36.1 Å². The molecule has 1 aromatic heterocycles. The van der Waals surface area contributed by atoms with Crippen LogP contribution < -0.4 is 5.32 Å². The lowest BCUT2D eigenvalue weighted by molar-refractivity contribution is 0.0710. The Hall–Kier alpha value is -2.40. The number of fused-ring (bicyclic) bond motifs is 2. The van der Waals surface area contributed by atoms with Crippen LogP contribution in [0.25, 0.3) is 0 Å². The second-order valence-corrected chi connectivity index (χ2v) is 10.1. The van der Waals surface area contributed by atoms with Crippen LogP contribution in [-0.2, 0) is 0 Å². The third-order valence-corrected chi connectivity index (χ3v) is 7.97. The number of pyridine rings is 1. The van der Waals surface area contributed by atoms with E-state index in [0.717, 1.165) is 36.6 Å². The van der Waals surface area contributed by atoms with E-state index in [9.17, 15) is 9.59 Å². The van der Waals surface area contributed by atoms with Crippen molar-refractivity contribution in [2.45, 2.75) is 57.4 Å². The normalized spacial score (nSPS) is 25.2. The van der Waals surface area contributed by atoms with E-state index in [2.05, 4.69) is 5.32 Å². The summed E-state index contributed by atoms with van der Waals surface area (Å²) in [6, 6.07) is 11.4. The summed E-state index contributed by atoms with van der Waals surface area (Å²) < 4.78 is 0. The SMILES string of the molecule is Cc1ccc(C(=O)NC2CC3CCC2C3)c(C2CCN(C(=O)c3ccccc3Cl)CC2)n1. The molecule has 2 bridgehead atoms. The number of likely N-dealkylation sites (tertiary alicyclic amines) is 1. The lowest BCUT2D eigenvalue weighted by Crippen LogP contribution is -2.40. The Morgan fingerprint density at radius 2 is 1.78 bits per heavy atom. The van der Waals surface area contributed by atoms with Gasteiger partial charge in [-0.3, -0.25) is 14.6 Å². The summed E-state index contributed by atoms with van der Waals surface area (Å²) in [6.45, 7) is 3.24. The highest BCUT2D eigenvalue weighted by Crippen LogP contribution is 2.44. The van der Waals surface area contributed by atoms with Crippen molar-refractivity contribution in [1.82, 2.24) is 15.2 Å². The van der Waals surface area contributed by atoms with Gasteiger partial charge in [0.15, 0.2) is 0 Å². The number of amides is 2. The largest absolute Gasteiger partial charge is 0.349 e. The molecule has 3 unspecified atom stereocenters. The molecule has 2 aliphatic carbocycles. The summed E-state index contributed by atoms with van der Waals surface area (Å²) in [5.74, 6) is 1.59. The molecule has 2 amide bonds. The minimum atomic E-state index is -0.0273. The monoisotopic (exact) mass is 451 g/mol. The van der Waals surface area contributed by atoms with E-state index >= 15 is 0 Å². The highest BCUT2D eigenvalue weighted by atomic mass is 35.5. The molecule has 2 saturated carbocycles. The highest BCUT2D eigenvalue weighted by Gasteiger charge is 2.40. The van der Waals surface area contributed by atoms with Crippen molar-refractivity contribution in [2.24, 2.45) is 11.8 Å². The summed E-state index contributed by atoms with van der Waals surface area (Å²) >= 11 is 6.23. The first-order valence-corrected chi connectivity index (χ1v) is 12.2. The zero-order valence-electron chi connectivity index (χ0n) is 18.5. The molecule has 1 aliphatic heterocycles. The number of piperidine rings is 1. The predicted molar refractivity (Wildman–Crippen MR) is 125 cm³/mol. The van der Waals surface area contributed by atoms with E-state index in [4.69, 9.17) is 16.6 Å². The van der Waals surface area contributed by atoms with Crippen LogP contribution in [0.5, 0.6) is 0 Å². The number of carbonyl (C=O) groups excluding carboxylic acids is 2. The number of rotatable bonds is 4. The smallest absolute Gasteiger partial charge is 0.255 e. The van der Waals surface area contributed by atoms with Gasteiger partial charge in [-0.1, -0.05) is 30.2 Å². The Balaban J connectivity index is 1.28. The highest BCUT2D eigenvalue weighted by molar-refractivity contribution is 6.33. The van der Waals surface area contributed by atoms with Gasteiger partial charge in [0, 0.05) is 30.7 Å². The molecule has 3 aliphatic rings. The van der Waals surface area contributed by atoms with Crippen molar-refractivity contribution in [1.29, 1.82) is 0 Å². The van der Waals surface area contributed by atoms with Gasteiger partial charge in [0.25, 0.3) is 11.8 Å². The lowest BCUT2D eigenvalue weighted by atomic mass is 9.89. The molecule has 1 aromatic carbocycles. The molecule has 0 spiro atoms. The minimum absolute atomic E-state index is 0.0135. The van der Waals surface area contributed by atoms with Gasteiger partial charge < -0.3 is 10.2 Å². The number of aromatic nitrogens is 1. The Morgan fingerprint density at radius 3 is 2.47 bits per heavy atom. The topological polar surface area (TPSA) is 62.3 Å². The standard InChI is InChI=1S/C26H30ClN3O2/c1-16-6-9-21(25(31)29-23-15-17-7-8-19(23)14-17)24(28-16)18-10-12-30(13-11-18)26(32)20-4-2-3-5-22(20)27/h2-6,9,17-19,23H,7-8,10-15H2,1H3,(H,29,31). The van der Waals surface area contributed by atoms with Gasteiger partial charge in [-0.15, -0.1) is 0 Å². The number of nitrogens with zero attached hydrogens (tertiary/aromatic N) is 2. The molecule has 3 fully saturated rings. The van der Waals surface area contributed by atoms with Crippen LogP contribution in [0, 0.1) is 18.8 Å². The van der Waals surface area contributed by atoms with Crippen molar-refractivity contribution in [3.63, 3.8) is 0 Å². The molecule has 32 heavy (non-hydrogen) atoms. The average molecular weight is 452 g/mol. The molecule has 168 valence electrons. The third kappa shape index (κ3) is 4.15. The van der Waals surface area contributed by atoms with Crippen LogP contribution in [0.15, 0.2) is 36.4 Å². The van der Waals surface area contributed by atoms with Gasteiger partial charge in [-0.25, -0.2) is 0 Å². The van der Waals surface area contributed by atoms with E-state index in [0.29, 0.717) is 41.2 Å². The maximum Gasteiger partial charge on any atom is 0.255 e. The number of nitrogens with one attached hydrogen (secondary N) is 1. The summed E-state index contributed by atoms with van der Waals surface area (Å²) in [5, 5.41) is 3.81.